The second-order valence-electron chi connectivity index (χ2n) is 2.74. The van der Waals surface area contributed by atoms with Crippen molar-refractivity contribution in [1.82, 2.24) is 0 Å². The van der Waals surface area contributed by atoms with Crippen LogP contribution >= 0.6 is 0 Å². The molecule has 1 aromatic carbocycles. The van der Waals surface area contributed by atoms with Crippen molar-refractivity contribution in [2.75, 3.05) is 0 Å². The van der Waals surface area contributed by atoms with Gasteiger partial charge in [0.25, 0.3) is 0 Å². The van der Waals surface area contributed by atoms with E-state index in [1.54, 1.807) is 0 Å². The lowest BCUT2D eigenvalue weighted by molar-refractivity contribution is 0.988. The van der Waals surface area contributed by atoms with Crippen molar-refractivity contribution in [2.24, 2.45) is 0 Å². The molecule has 0 fully saturated rings. The van der Waals surface area contributed by atoms with Crippen LogP contribution in [0.5, 0.6) is 0 Å². The summed E-state index contributed by atoms with van der Waals surface area (Å²) < 4.78 is 0. The minimum Gasteiger partial charge on any atom is -0.119 e. The van der Waals surface area contributed by atoms with Gasteiger partial charge in [-0.15, -0.1) is 6.42 Å². The molecule has 0 heterocycles. The van der Waals surface area contributed by atoms with Gasteiger partial charge in [-0.3, -0.25) is 0 Å². The summed E-state index contributed by atoms with van der Waals surface area (Å²) in [6.45, 7) is 4.13. The van der Waals surface area contributed by atoms with Gasteiger partial charge in [-0.2, -0.15) is 0 Å². The molecule has 0 aliphatic rings. The summed E-state index contributed by atoms with van der Waals surface area (Å²) in [6.07, 6.45) is 5.32. The summed E-state index contributed by atoms with van der Waals surface area (Å²) in [6, 6.07) is 8.22. The smallest absolute Gasteiger partial charge is 0.0424 e. The van der Waals surface area contributed by atoms with Crippen LogP contribution in [0.4, 0.5) is 0 Å². The van der Waals surface area contributed by atoms with Gasteiger partial charge < -0.3 is 0 Å². The summed E-state index contributed by atoms with van der Waals surface area (Å²) in [5, 5.41) is 0. The largest absolute Gasteiger partial charge is 0.119 e. The minimum atomic E-state index is 0.233. The second-order valence-corrected chi connectivity index (χ2v) is 2.74. The van der Waals surface area contributed by atoms with Gasteiger partial charge in [0, 0.05) is 5.92 Å². The van der Waals surface area contributed by atoms with Crippen molar-refractivity contribution in [3.05, 3.63) is 35.4 Å². The first-order chi connectivity index (χ1) is 5.25. The van der Waals surface area contributed by atoms with Crippen molar-refractivity contribution in [3.63, 3.8) is 0 Å². The maximum Gasteiger partial charge on any atom is 0.0424 e. The topological polar surface area (TPSA) is 0 Å². The molecular weight excluding hydrogens is 132 g/mol. The number of benzene rings is 1. The molecule has 0 aliphatic heterocycles. The lowest BCUT2D eigenvalue weighted by atomic mass is 9.97. The fraction of sp³-hybridized carbons (Fsp3) is 0.273. The van der Waals surface area contributed by atoms with Crippen LogP contribution in [-0.4, -0.2) is 0 Å². The van der Waals surface area contributed by atoms with Gasteiger partial charge in [-0.1, -0.05) is 30.2 Å². The Bertz CT molecular complexity index is 278. The summed E-state index contributed by atoms with van der Waals surface area (Å²) in [5.74, 6) is 2.95. The highest BCUT2D eigenvalue weighted by Gasteiger charge is 2.02. The third kappa shape index (κ3) is 1.62. The van der Waals surface area contributed by atoms with Crippen LogP contribution in [0.2, 0.25) is 0 Å². The predicted molar refractivity (Wildman–Crippen MR) is 48.4 cm³/mol. The van der Waals surface area contributed by atoms with Crippen LogP contribution in [0.3, 0.4) is 0 Å². The van der Waals surface area contributed by atoms with Gasteiger partial charge in [0.05, 0.1) is 0 Å². The molecule has 0 bridgehead atoms. The first-order valence-electron chi connectivity index (χ1n) is 3.77. The molecule has 0 aromatic heterocycles. The van der Waals surface area contributed by atoms with Crippen LogP contribution in [0.25, 0.3) is 0 Å². The Morgan fingerprint density at radius 1 is 1.36 bits per heavy atom. The van der Waals surface area contributed by atoms with E-state index in [9.17, 15) is 0 Å². The van der Waals surface area contributed by atoms with Gasteiger partial charge in [0.15, 0.2) is 0 Å². The molecular formula is C11H12. The molecule has 1 rings (SSSR count). The molecule has 0 saturated heterocycles. The van der Waals surface area contributed by atoms with Crippen molar-refractivity contribution in [1.29, 1.82) is 0 Å². The highest BCUT2D eigenvalue weighted by atomic mass is 14.1. The Morgan fingerprint density at radius 3 is 2.55 bits per heavy atom. The lowest BCUT2D eigenvalue weighted by Crippen LogP contribution is -1.91. The van der Waals surface area contributed by atoms with Crippen molar-refractivity contribution in [2.45, 2.75) is 19.8 Å². The molecule has 0 heteroatoms. The predicted octanol–water partition coefficient (Wildman–Crippen LogP) is 2.73. The summed E-state index contributed by atoms with van der Waals surface area (Å²) in [7, 11) is 0. The molecule has 56 valence electrons. The van der Waals surface area contributed by atoms with Crippen LogP contribution in [0, 0.1) is 19.3 Å². The minimum absolute atomic E-state index is 0.233. The number of terminal acetylenes is 1. The van der Waals surface area contributed by atoms with E-state index < -0.39 is 0 Å². The Hall–Kier alpha value is -1.22. The number of hydrogen-bond donors (Lipinski definition) is 0. The van der Waals surface area contributed by atoms with Crippen LogP contribution in [0.15, 0.2) is 24.3 Å². The molecule has 1 unspecified atom stereocenters. The van der Waals surface area contributed by atoms with E-state index in [2.05, 4.69) is 25.0 Å². The van der Waals surface area contributed by atoms with Crippen molar-refractivity contribution in [3.8, 4) is 12.3 Å². The zero-order chi connectivity index (χ0) is 8.27. The van der Waals surface area contributed by atoms with E-state index in [1.807, 2.05) is 19.1 Å². The number of aryl methyl sites for hydroxylation is 1. The molecule has 1 aromatic rings. The molecule has 0 spiro atoms. The van der Waals surface area contributed by atoms with E-state index in [-0.39, 0.29) is 5.92 Å². The van der Waals surface area contributed by atoms with Crippen LogP contribution in [-0.2, 0) is 0 Å². The Kier molecular flexibility index (Phi) is 2.33. The molecule has 11 heavy (non-hydrogen) atoms. The highest BCUT2D eigenvalue weighted by molar-refractivity contribution is 5.32. The Labute approximate surface area is 68.3 Å². The van der Waals surface area contributed by atoms with Crippen molar-refractivity contribution >= 4 is 0 Å². The monoisotopic (exact) mass is 144 g/mol. The maximum atomic E-state index is 5.32. The standard InChI is InChI=1S/C11H12/c1-4-9(2)11-8-6-5-7-10(11)3/h1,5-9H,2-3H3. The maximum absolute atomic E-state index is 5.32. The van der Waals surface area contributed by atoms with Crippen molar-refractivity contribution < 1.29 is 0 Å². The normalized spacial score (nSPS) is 12.1. The van der Waals surface area contributed by atoms with Gasteiger partial charge in [-0.05, 0) is 25.0 Å². The Balaban J connectivity index is 3.05. The molecule has 1 atom stereocenters. The van der Waals surface area contributed by atoms with Crippen LogP contribution in [0.1, 0.15) is 24.0 Å². The zero-order valence-corrected chi connectivity index (χ0v) is 6.96. The average molecular weight is 144 g/mol. The third-order valence-electron chi connectivity index (χ3n) is 1.90. The molecule has 0 aliphatic carbocycles. The van der Waals surface area contributed by atoms with Crippen LogP contribution < -0.4 is 0 Å². The highest BCUT2D eigenvalue weighted by Crippen LogP contribution is 2.17. The van der Waals surface area contributed by atoms with Gasteiger partial charge in [0.2, 0.25) is 0 Å². The third-order valence-corrected chi connectivity index (χ3v) is 1.90. The fourth-order valence-electron chi connectivity index (χ4n) is 1.16. The second kappa shape index (κ2) is 3.25. The summed E-state index contributed by atoms with van der Waals surface area (Å²) in [5.41, 5.74) is 2.54. The zero-order valence-electron chi connectivity index (χ0n) is 6.96. The average Bonchev–Trinajstić information content (AvgIpc) is 2.04. The first kappa shape index (κ1) is 7.88. The molecule has 0 radical (unpaired) electrons. The van der Waals surface area contributed by atoms with Gasteiger partial charge >= 0.3 is 0 Å². The first-order valence-corrected chi connectivity index (χ1v) is 3.77. The molecule has 0 saturated carbocycles. The van der Waals surface area contributed by atoms with E-state index in [0.717, 1.165) is 0 Å². The summed E-state index contributed by atoms with van der Waals surface area (Å²) >= 11 is 0. The lowest BCUT2D eigenvalue weighted by Gasteiger charge is -2.06. The molecule has 0 N–H and O–H groups in total. The number of rotatable bonds is 1. The van der Waals surface area contributed by atoms with E-state index in [0.29, 0.717) is 0 Å². The Morgan fingerprint density at radius 2 is 2.00 bits per heavy atom. The van der Waals surface area contributed by atoms with Gasteiger partial charge in [0.1, 0.15) is 0 Å². The van der Waals surface area contributed by atoms with E-state index in [4.69, 9.17) is 6.42 Å². The quantitative estimate of drug-likeness (QED) is 0.532. The fourth-order valence-corrected chi connectivity index (χ4v) is 1.16. The van der Waals surface area contributed by atoms with E-state index in [1.165, 1.54) is 11.1 Å². The summed E-state index contributed by atoms with van der Waals surface area (Å²) in [4.78, 5) is 0. The van der Waals surface area contributed by atoms with Gasteiger partial charge in [-0.25, -0.2) is 0 Å². The SMILES string of the molecule is C#CC(C)c1ccccc1C. The molecule has 0 nitrogen and oxygen atoms in total. The molecule has 0 amide bonds. The number of hydrogen-bond acceptors (Lipinski definition) is 0. The van der Waals surface area contributed by atoms with E-state index >= 15 is 0 Å².